The number of benzene rings is 1. The number of fused-ring (bicyclic) bond motifs is 1. The summed E-state index contributed by atoms with van der Waals surface area (Å²) in [6, 6.07) is 6.95. The van der Waals surface area contributed by atoms with Crippen molar-refractivity contribution in [2.24, 2.45) is 5.92 Å². The minimum absolute atomic E-state index is 0.582. The smallest absolute Gasteiger partial charge is 0.198 e. The van der Waals surface area contributed by atoms with Gasteiger partial charge < -0.3 is 9.73 Å². The zero-order valence-corrected chi connectivity index (χ0v) is 12.1. The Labute approximate surface area is 119 Å². The highest BCUT2D eigenvalue weighted by molar-refractivity contribution is 5.77. The van der Waals surface area contributed by atoms with Crippen LogP contribution in [0.15, 0.2) is 22.6 Å². The van der Waals surface area contributed by atoms with Crippen molar-refractivity contribution in [3.05, 3.63) is 24.1 Å². The fraction of sp³-hybridized carbons (Fsp3) is 0.588. The third-order valence-corrected chi connectivity index (χ3v) is 4.72. The summed E-state index contributed by atoms with van der Waals surface area (Å²) >= 11 is 0. The van der Waals surface area contributed by atoms with E-state index < -0.39 is 0 Å². The molecule has 3 heteroatoms. The topological polar surface area (TPSA) is 38.1 Å². The summed E-state index contributed by atoms with van der Waals surface area (Å²) in [4.78, 5) is 4.63. The molecule has 2 fully saturated rings. The maximum atomic E-state index is 5.81. The van der Waals surface area contributed by atoms with Gasteiger partial charge in [-0.05, 0) is 62.6 Å². The van der Waals surface area contributed by atoms with Gasteiger partial charge in [-0.15, -0.1) is 0 Å². The highest BCUT2D eigenvalue weighted by Crippen LogP contribution is 2.40. The molecule has 4 rings (SSSR count). The fourth-order valence-corrected chi connectivity index (χ4v) is 3.18. The highest BCUT2D eigenvalue weighted by atomic mass is 16.3. The molecule has 1 aromatic heterocycles. The minimum atomic E-state index is 0.582. The number of hydrogen-bond donors (Lipinski definition) is 1. The second-order valence-electron chi connectivity index (χ2n) is 6.61. The van der Waals surface area contributed by atoms with Crippen LogP contribution in [-0.2, 0) is 0 Å². The molecule has 1 N–H and O–H groups in total. The first-order chi connectivity index (χ1) is 9.78. The predicted molar refractivity (Wildman–Crippen MR) is 81.0 cm³/mol. The van der Waals surface area contributed by atoms with E-state index in [1.54, 1.807) is 0 Å². The van der Waals surface area contributed by atoms with Crippen LogP contribution in [0.25, 0.3) is 11.1 Å². The van der Waals surface area contributed by atoms with Crippen molar-refractivity contribution >= 4 is 16.8 Å². The maximum absolute atomic E-state index is 5.81. The highest BCUT2D eigenvalue weighted by Gasteiger charge is 2.29. The van der Waals surface area contributed by atoms with Gasteiger partial charge in [0, 0.05) is 17.6 Å². The number of anilines is 1. The van der Waals surface area contributed by atoms with E-state index in [1.165, 1.54) is 44.2 Å². The minimum Gasteiger partial charge on any atom is -0.440 e. The number of hydrogen-bond acceptors (Lipinski definition) is 3. The van der Waals surface area contributed by atoms with Crippen molar-refractivity contribution < 1.29 is 4.42 Å². The van der Waals surface area contributed by atoms with E-state index in [4.69, 9.17) is 4.42 Å². The number of aromatic nitrogens is 1. The van der Waals surface area contributed by atoms with E-state index >= 15 is 0 Å². The molecule has 2 aliphatic rings. The lowest BCUT2D eigenvalue weighted by atomic mass is 9.87. The molecule has 106 valence electrons. The van der Waals surface area contributed by atoms with E-state index in [0.717, 1.165) is 22.9 Å². The van der Waals surface area contributed by atoms with Crippen LogP contribution in [0.2, 0.25) is 0 Å². The molecule has 2 saturated carbocycles. The van der Waals surface area contributed by atoms with E-state index in [-0.39, 0.29) is 0 Å². The van der Waals surface area contributed by atoms with Crippen molar-refractivity contribution in [3.8, 4) is 0 Å². The average Bonchev–Trinajstić information content (AvgIpc) is 3.21. The van der Waals surface area contributed by atoms with Gasteiger partial charge >= 0.3 is 0 Å². The van der Waals surface area contributed by atoms with Gasteiger partial charge in [0.2, 0.25) is 0 Å². The van der Waals surface area contributed by atoms with Crippen LogP contribution in [0, 0.1) is 5.92 Å². The van der Waals surface area contributed by atoms with Gasteiger partial charge in [-0.25, -0.2) is 4.98 Å². The molecule has 0 atom stereocenters. The summed E-state index contributed by atoms with van der Waals surface area (Å²) in [5.74, 6) is 2.41. The summed E-state index contributed by atoms with van der Waals surface area (Å²) < 4.78 is 5.81. The van der Waals surface area contributed by atoms with Gasteiger partial charge in [-0.3, -0.25) is 0 Å². The Morgan fingerprint density at radius 1 is 1.10 bits per heavy atom. The molecule has 2 aliphatic carbocycles. The first kappa shape index (κ1) is 12.2. The Morgan fingerprint density at radius 3 is 2.65 bits per heavy atom. The van der Waals surface area contributed by atoms with Crippen LogP contribution < -0.4 is 5.32 Å². The third-order valence-electron chi connectivity index (χ3n) is 4.72. The average molecular weight is 270 g/mol. The summed E-state index contributed by atoms with van der Waals surface area (Å²) in [5, 5.41) is 3.67. The number of nitrogens with zero attached hydrogens (tertiary/aromatic N) is 1. The second-order valence-corrected chi connectivity index (χ2v) is 6.61. The lowest BCUT2D eigenvalue weighted by Crippen LogP contribution is -2.25. The Bertz CT molecular complexity index is 606. The standard InChI is InChI=1S/C17H22N2O/c1-11-2-6-13(7-3-11)18-14-8-9-16-15(10-14)19-17(20-16)12-4-5-12/h8-13,18H,2-7H2,1H3. The zero-order chi connectivity index (χ0) is 13.5. The van der Waals surface area contributed by atoms with E-state index in [0.29, 0.717) is 12.0 Å². The number of rotatable bonds is 3. The third kappa shape index (κ3) is 2.41. The SMILES string of the molecule is CC1CCC(Nc2ccc3oc(C4CC4)nc3c2)CC1. The molecular weight excluding hydrogens is 248 g/mol. The van der Waals surface area contributed by atoms with Gasteiger partial charge in [0.15, 0.2) is 11.5 Å². The zero-order valence-electron chi connectivity index (χ0n) is 12.1. The van der Waals surface area contributed by atoms with Gasteiger partial charge in [0.05, 0.1) is 0 Å². The summed E-state index contributed by atoms with van der Waals surface area (Å²) in [5.41, 5.74) is 3.11. The van der Waals surface area contributed by atoms with Crippen LogP contribution in [0.4, 0.5) is 5.69 Å². The number of nitrogens with one attached hydrogen (secondary N) is 1. The largest absolute Gasteiger partial charge is 0.440 e. The van der Waals surface area contributed by atoms with E-state index in [2.05, 4.69) is 35.4 Å². The molecule has 0 bridgehead atoms. The van der Waals surface area contributed by atoms with Gasteiger partial charge in [0.25, 0.3) is 0 Å². The Hall–Kier alpha value is -1.51. The van der Waals surface area contributed by atoms with Crippen LogP contribution >= 0.6 is 0 Å². The lowest BCUT2D eigenvalue weighted by Gasteiger charge is -2.27. The molecule has 1 heterocycles. The van der Waals surface area contributed by atoms with Gasteiger partial charge in [0.1, 0.15) is 5.52 Å². The first-order valence-corrected chi connectivity index (χ1v) is 7.95. The predicted octanol–water partition coefficient (Wildman–Crippen LogP) is 4.70. The molecular formula is C17H22N2O. The van der Waals surface area contributed by atoms with Crippen LogP contribution in [-0.4, -0.2) is 11.0 Å². The summed E-state index contributed by atoms with van der Waals surface area (Å²) in [6.45, 7) is 2.36. The van der Waals surface area contributed by atoms with Crippen molar-refractivity contribution in [1.29, 1.82) is 0 Å². The summed E-state index contributed by atoms with van der Waals surface area (Å²) in [6.07, 6.45) is 7.72. The Balaban J connectivity index is 1.51. The molecule has 20 heavy (non-hydrogen) atoms. The molecule has 0 unspecified atom stereocenters. The van der Waals surface area contributed by atoms with Crippen molar-refractivity contribution in [3.63, 3.8) is 0 Å². The second kappa shape index (κ2) is 4.80. The molecule has 1 aromatic carbocycles. The normalized spacial score (nSPS) is 26.9. The van der Waals surface area contributed by atoms with Crippen molar-refractivity contribution in [1.82, 2.24) is 4.98 Å². The van der Waals surface area contributed by atoms with Crippen LogP contribution in [0.1, 0.15) is 57.3 Å². The molecule has 0 spiro atoms. The Morgan fingerprint density at radius 2 is 1.90 bits per heavy atom. The number of oxazole rings is 1. The van der Waals surface area contributed by atoms with Gasteiger partial charge in [-0.2, -0.15) is 0 Å². The lowest BCUT2D eigenvalue weighted by molar-refractivity contribution is 0.361. The molecule has 0 aliphatic heterocycles. The van der Waals surface area contributed by atoms with E-state index in [9.17, 15) is 0 Å². The summed E-state index contributed by atoms with van der Waals surface area (Å²) in [7, 11) is 0. The molecule has 0 amide bonds. The van der Waals surface area contributed by atoms with Gasteiger partial charge in [-0.1, -0.05) is 6.92 Å². The first-order valence-electron chi connectivity index (χ1n) is 7.95. The molecule has 2 aromatic rings. The van der Waals surface area contributed by atoms with E-state index in [1.807, 2.05) is 0 Å². The molecule has 0 radical (unpaired) electrons. The molecule has 0 saturated heterocycles. The fourth-order valence-electron chi connectivity index (χ4n) is 3.18. The Kier molecular flexibility index (Phi) is 2.94. The monoisotopic (exact) mass is 270 g/mol. The van der Waals surface area contributed by atoms with Crippen molar-refractivity contribution in [2.75, 3.05) is 5.32 Å². The van der Waals surface area contributed by atoms with Crippen molar-refractivity contribution in [2.45, 2.75) is 57.4 Å². The molecule has 3 nitrogen and oxygen atoms in total. The maximum Gasteiger partial charge on any atom is 0.198 e. The van der Waals surface area contributed by atoms with Crippen LogP contribution in [0.5, 0.6) is 0 Å². The quantitative estimate of drug-likeness (QED) is 0.878. The van der Waals surface area contributed by atoms with Crippen LogP contribution in [0.3, 0.4) is 0 Å².